The summed E-state index contributed by atoms with van der Waals surface area (Å²) < 4.78 is 0. The lowest BCUT2D eigenvalue weighted by molar-refractivity contribution is -0.115. The van der Waals surface area contributed by atoms with E-state index in [1.165, 1.54) is 0 Å². The highest BCUT2D eigenvalue weighted by molar-refractivity contribution is 6.00. The van der Waals surface area contributed by atoms with Crippen molar-refractivity contribution in [3.05, 3.63) is 18.3 Å². The van der Waals surface area contributed by atoms with Crippen LogP contribution in [0.3, 0.4) is 0 Å². The van der Waals surface area contributed by atoms with Crippen molar-refractivity contribution in [3.63, 3.8) is 0 Å². The van der Waals surface area contributed by atoms with E-state index in [1.807, 2.05) is 6.07 Å². The second-order valence-electron chi connectivity index (χ2n) is 2.94. The van der Waals surface area contributed by atoms with E-state index in [2.05, 4.69) is 10.3 Å². The fourth-order valence-electron chi connectivity index (χ4n) is 1.40. The molecule has 0 bridgehead atoms. The number of carbonyl (C=O) groups excluding carboxylic acids is 1. The topological polar surface area (TPSA) is 69.0 Å². The summed E-state index contributed by atoms with van der Waals surface area (Å²) in [6, 6.07) is 5.52. The van der Waals surface area contributed by atoms with E-state index >= 15 is 0 Å². The average molecular weight is 188 g/mol. The predicted octanol–water partition coefficient (Wildman–Crippen LogP) is 0.364. The van der Waals surface area contributed by atoms with Gasteiger partial charge in [0.2, 0.25) is 5.91 Å². The van der Waals surface area contributed by atoms with Crippen LogP contribution < -0.4 is 10.2 Å². The molecule has 0 saturated carbocycles. The van der Waals surface area contributed by atoms with Gasteiger partial charge in [-0.15, -0.1) is 0 Å². The number of hydrogen-bond donors (Lipinski definition) is 1. The molecule has 0 aromatic carbocycles. The molecule has 1 aliphatic heterocycles. The number of nitrogens with one attached hydrogen (secondary N) is 1. The van der Waals surface area contributed by atoms with Gasteiger partial charge in [-0.25, -0.2) is 4.98 Å². The maximum atomic E-state index is 11.2. The van der Waals surface area contributed by atoms with Crippen LogP contribution in [0, 0.1) is 11.3 Å². The van der Waals surface area contributed by atoms with E-state index < -0.39 is 0 Å². The number of rotatable bonds is 1. The maximum Gasteiger partial charge on any atom is 0.244 e. The molecule has 0 atom stereocenters. The second-order valence-corrected chi connectivity index (χ2v) is 2.94. The van der Waals surface area contributed by atoms with Gasteiger partial charge < -0.3 is 10.2 Å². The molecule has 1 N–H and O–H groups in total. The van der Waals surface area contributed by atoms with Gasteiger partial charge >= 0.3 is 0 Å². The molecule has 2 rings (SSSR count). The summed E-state index contributed by atoms with van der Waals surface area (Å²) >= 11 is 0. The molecule has 0 spiro atoms. The quantitative estimate of drug-likeness (QED) is 0.646. The van der Waals surface area contributed by atoms with Gasteiger partial charge in [-0.2, -0.15) is 5.26 Å². The lowest BCUT2D eigenvalue weighted by Crippen LogP contribution is -2.38. The predicted molar refractivity (Wildman–Crippen MR) is 50.7 cm³/mol. The zero-order chi connectivity index (χ0) is 9.97. The Morgan fingerprint density at radius 1 is 1.71 bits per heavy atom. The van der Waals surface area contributed by atoms with Crippen molar-refractivity contribution in [2.24, 2.45) is 0 Å². The number of fused-ring (bicyclic) bond motifs is 1. The van der Waals surface area contributed by atoms with Crippen LogP contribution >= 0.6 is 0 Å². The SMILES string of the molecule is N#CCN1CC(=O)Nc2cccnc21. The standard InChI is InChI=1S/C9H8N4O/c10-3-5-13-6-8(14)12-7-2-1-4-11-9(7)13/h1-2,4H,5-6H2,(H,12,14). The van der Waals surface area contributed by atoms with E-state index in [0.717, 1.165) is 0 Å². The van der Waals surface area contributed by atoms with Gasteiger partial charge in [-0.05, 0) is 12.1 Å². The van der Waals surface area contributed by atoms with Crippen LogP contribution in [0.5, 0.6) is 0 Å². The molecule has 1 aromatic heterocycles. The van der Waals surface area contributed by atoms with E-state index in [9.17, 15) is 4.79 Å². The number of aromatic nitrogens is 1. The molecule has 5 heteroatoms. The second kappa shape index (κ2) is 3.34. The first kappa shape index (κ1) is 8.51. The molecule has 0 unspecified atom stereocenters. The van der Waals surface area contributed by atoms with Gasteiger partial charge in [0.05, 0.1) is 18.3 Å². The van der Waals surface area contributed by atoms with Gasteiger partial charge in [0.1, 0.15) is 6.54 Å². The van der Waals surface area contributed by atoms with Crippen molar-refractivity contribution in [1.82, 2.24) is 4.98 Å². The van der Waals surface area contributed by atoms with Crippen molar-refractivity contribution >= 4 is 17.4 Å². The maximum absolute atomic E-state index is 11.2. The Morgan fingerprint density at radius 3 is 3.36 bits per heavy atom. The summed E-state index contributed by atoms with van der Waals surface area (Å²) in [7, 11) is 0. The minimum Gasteiger partial charge on any atom is -0.332 e. The molecule has 1 amide bonds. The van der Waals surface area contributed by atoms with E-state index in [0.29, 0.717) is 11.5 Å². The third-order valence-corrected chi connectivity index (χ3v) is 1.96. The van der Waals surface area contributed by atoms with Crippen molar-refractivity contribution in [2.45, 2.75) is 0 Å². The zero-order valence-corrected chi connectivity index (χ0v) is 7.40. The van der Waals surface area contributed by atoms with Crippen LogP contribution in [-0.4, -0.2) is 24.0 Å². The first-order valence-corrected chi connectivity index (χ1v) is 4.18. The first-order chi connectivity index (χ1) is 6.81. The van der Waals surface area contributed by atoms with E-state index in [4.69, 9.17) is 5.26 Å². The third kappa shape index (κ3) is 1.38. The molecule has 0 radical (unpaired) electrons. The summed E-state index contributed by atoms with van der Waals surface area (Å²) in [5.41, 5.74) is 0.666. The number of anilines is 2. The Bertz CT molecular complexity index is 410. The zero-order valence-electron chi connectivity index (χ0n) is 7.40. The Balaban J connectivity index is 2.39. The molecule has 2 heterocycles. The van der Waals surface area contributed by atoms with Gasteiger partial charge in [0.15, 0.2) is 5.82 Å². The van der Waals surface area contributed by atoms with Crippen LogP contribution in [0.15, 0.2) is 18.3 Å². The molecule has 1 aliphatic rings. The normalized spacial score (nSPS) is 14.2. The van der Waals surface area contributed by atoms with Crippen LogP contribution in [0.1, 0.15) is 0 Å². The summed E-state index contributed by atoms with van der Waals surface area (Å²) in [5.74, 6) is 0.550. The monoisotopic (exact) mass is 188 g/mol. The minimum atomic E-state index is -0.110. The van der Waals surface area contributed by atoms with Crippen LogP contribution in [0.4, 0.5) is 11.5 Å². The van der Waals surface area contributed by atoms with Gasteiger partial charge in [0.25, 0.3) is 0 Å². The summed E-state index contributed by atoms with van der Waals surface area (Å²) in [4.78, 5) is 17.0. The van der Waals surface area contributed by atoms with Gasteiger partial charge in [0, 0.05) is 6.20 Å². The number of hydrogen-bond acceptors (Lipinski definition) is 4. The summed E-state index contributed by atoms with van der Waals surface area (Å²) in [5, 5.41) is 11.3. The first-order valence-electron chi connectivity index (χ1n) is 4.18. The van der Waals surface area contributed by atoms with Crippen LogP contribution in [0.25, 0.3) is 0 Å². The lowest BCUT2D eigenvalue weighted by atomic mass is 10.3. The van der Waals surface area contributed by atoms with Crippen molar-refractivity contribution in [1.29, 1.82) is 5.26 Å². The van der Waals surface area contributed by atoms with Crippen LogP contribution in [-0.2, 0) is 4.79 Å². The number of carbonyl (C=O) groups is 1. The van der Waals surface area contributed by atoms with E-state index in [-0.39, 0.29) is 19.0 Å². The van der Waals surface area contributed by atoms with Crippen molar-refractivity contribution < 1.29 is 4.79 Å². The molecular formula is C9H8N4O. The molecular weight excluding hydrogens is 180 g/mol. The highest BCUT2D eigenvalue weighted by Crippen LogP contribution is 2.25. The molecule has 70 valence electrons. The van der Waals surface area contributed by atoms with Crippen molar-refractivity contribution in [2.75, 3.05) is 23.3 Å². The number of nitrogens with zero attached hydrogens (tertiary/aromatic N) is 3. The van der Waals surface area contributed by atoms with Gasteiger partial charge in [-0.1, -0.05) is 0 Å². The molecule has 0 fully saturated rings. The Morgan fingerprint density at radius 2 is 2.57 bits per heavy atom. The summed E-state index contributed by atoms with van der Waals surface area (Å²) in [6.07, 6.45) is 1.64. The number of nitriles is 1. The van der Waals surface area contributed by atoms with Crippen molar-refractivity contribution in [3.8, 4) is 6.07 Å². The fourth-order valence-corrected chi connectivity index (χ4v) is 1.40. The number of amides is 1. The molecule has 5 nitrogen and oxygen atoms in total. The van der Waals surface area contributed by atoms with Crippen LogP contribution in [0.2, 0.25) is 0 Å². The molecule has 0 aliphatic carbocycles. The Kier molecular flexibility index (Phi) is 2.03. The Hall–Kier alpha value is -2.09. The smallest absolute Gasteiger partial charge is 0.244 e. The Labute approximate surface area is 81.0 Å². The summed E-state index contributed by atoms with van der Waals surface area (Å²) in [6.45, 7) is 0.370. The fraction of sp³-hybridized carbons (Fsp3) is 0.222. The number of pyridine rings is 1. The molecule has 14 heavy (non-hydrogen) atoms. The third-order valence-electron chi connectivity index (χ3n) is 1.96. The van der Waals surface area contributed by atoms with Gasteiger partial charge in [-0.3, -0.25) is 4.79 Å². The molecule has 1 aromatic rings. The molecule has 0 saturated heterocycles. The highest BCUT2D eigenvalue weighted by atomic mass is 16.2. The largest absolute Gasteiger partial charge is 0.332 e. The lowest BCUT2D eigenvalue weighted by Gasteiger charge is -2.27. The van der Waals surface area contributed by atoms with E-state index in [1.54, 1.807) is 23.2 Å². The average Bonchev–Trinajstić information content (AvgIpc) is 2.18. The highest BCUT2D eigenvalue weighted by Gasteiger charge is 2.21. The minimum absolute atomic E-state index is 0.110.